The highest BCUT2D eigenvalue weighted by Gasteiger charge is 2.29. The van der Waals surface area contributed by atoms with Gasteiger partial charge in [-0.25, -0.2) is 39.6 Å². The van der Waals surface area contributed by atoms with Crippen molar-refractivity contribution in [3.8, 4) is 11.5 Å². The zero-order valence-corrected chi connectivity index (χ0v) is 89.6. The topological polar surface area (TPSA) is 620 Å². The molecule has 7 aromatic rings. The summed E-state index contributed by atoms with van der Waals surface area (Å²) in [7, 11) is -10.2. The van der Waals surface area contributed by atoms with E-state index in [2.05, 4.69) is 77.1 Å². The van der Waals surface area contributed by atoms with Crippen LogP contribution < -0.4 is 50.2 Å². The summed E-state index contributed by atoms with van der Waals surface area (Å²) in [5.74, 6) is 0.132. The van der Waals surface area contributed by atoms with Crippen LogP contribution in [0.15, 0.2) is 170 Å². The molecule has 0 heterocycles. The number of nitrogens with zero attached hydrogens (tertiary/aromatic N) is 5. The third kappa shape index (κ3) is 57.3. The van der Waals surface area contributed by atoms with Crippen LogP contribution in [0.1, 0.15) is 250 Å². The number of carbonyl (C=O) groups is 5. The van der Waals surface area contributed by atoms with Gasteiger partial charge in [-0.1, -0.05) is 164 Å². The van der Waals surface area contributed by atoms with Gasteiger partial charge in [0.1, 0.15) is 81.7 Å². The molecule has 7 aromatic carbocycles. The Morgan fingerprint density at radius 3 is 1.00 bits per heavy atom. The fraction of sp³-hybridized carbons (Fsp3) is 0.530. The maximum atomic E-state index is 12.8. The third-order valence-electron chi connectivity index (χ3n) is 21.4. The van der Waals surface area contributed by atoms with Crippen LogP contribution in [0, 0.1) is 50.6 Å². The normalized spacial score (nSPS) is 13.6. The molecular formula is C100H143N13O34S3. The maximum Gasteiger partial charge on any atom is 0.338 e. The van der Waals surface area contributed by atoms with Gasteiger partial charge in [-0.3, -0.25) is 23.8 Å². The molecule has 5 atom stereocenters. The molecule has 2 aliphatic carbocycles. The Balaban J connectivity index is 0.000000330. The van der Waals surface area contributed by atoms with Crippen LogP contribution in [0.5, 0.6) is 11.5 Å². The summed E-state index contributed by atoms with van der Waals surface area (Å²) in [5, 5.41) is 62.8. The predicted octanol–water partition coefficient (Wildman–Crippen LogP) is 14.2. The van der Waals surface area contributed by atoms with Gasteiger partial charge in [-0.15, -0.1) is 50.6 Å². The number of rotatable bonds is 59. The number of carbonyl (C=O) groups excluding carboxylic acids is 5. The molecule has 50 heteroatoms. The van der Waals surface area contributed by atoms with Gasteiger partial charge in [0, 0.05) is 91.8 Å². The van der Waals surface area contributed by atoms with Crippen molar-refractivity contribution in [3.63, 3.8) is 0 Å². The molecule has 150 heavy (non-hydrogen) atoms. The van der Waals surface area contributed by atoms with Gasteiger partial charge < -0.3 is 88.7 Å². The lowest BCUT2D eigenvalue weighted by Gasteiger charge is -2.26. The number of esters is 5. The lowest BCUT2D eigenvalue weighted by molar-refractivity contribution is -0.763. The van der Waals surface area contributed by atoms with Crippen molar-refractivity contribution in [1.82, 2.24) is 26.6 Å². The molecule has 2 saturated carbocycles. The number of anilines is 3. The van der Waals surface area contributed by atoms with Crippen molar-refractivity contribution in [2.75, 3.05) is 112 Å². The Bertz CT molecular complexity index is 5680. The van der Waals surface area contributed by atoms with Crippen molar-refractivity contribution >= 4 is 77.0 Å². The molecule has 9 rings (SSSR count). The van der Waals surface area contributed by atoms with Gasteiger partial charge in [0.2, 0.25) is 30.1 Å². The highest BCUT2D eigenvalue weighted by Crippen LogP contribution is 2.41. The third-order valence-corrected chi connectivity index (χ3v) is 23.2. The number of sulfonamides is 3. The first kappa shape index (κ1) is 127. The van der Waals surface area contributed by atoms with Gasteiger partial charge in [0.15, 0.2) is 0 Å². The van der Waals surface area contributed by atoms with Crippen LogP contribution in [0.25, 0.3) is 0 Å². The highest BCUT2D eigenvalue weighted by molar-refractivity contribution is 7.92. The van der Waals surface area contributed by atoms with Gasteiger partial charge in [-0.05, 0) is 204 Å². The average molecular weight is 2170 g/mol. The molecule has 8 N–H and O–H groups in total. The fourth-order valence-electron chi connectivity index (χ4n) is 14.3. The van der Waals surface area contributed by atoms with E-state index in [1.165, 1.54) is 74.6 Å². The maximum absolute atomic E-state index is 12.8. The van der Waals surface area contributed by atoms with E-state index in [0.717, 1.165) is 30.3 Å². The molecule has 0 amide bonds. The van der Waals surface area contributed by atoms with Crippen molar-refractivity contribution in [3.05, 3.63) is 271 Å². The minimum atomic E-state index is -3.39. The van der Waals surface area contributed by atoms with E-state index in [4.69, 9.17) is 37.9 Å². The minimum absolute atomic E-state index is 0.0142. The molecular weight excluding hydrogens is 2020 g/mol. The summed E-state index contributed by atoms with van der Waals surface area (Å²) >= 11 is 0. The molecule has 2 fully saturated rings. The van der Waals surface area contributed by atoms with E-state index in [0.29, 0.717) is 95.0 Å². The zero-order chi connectivity index (χ0) is 111. The molecule has 0 radical (unpaired) electrons. The Labute approximate surface area is 874 Å². The van der Waals surface area contributed by atoms with Crippen molar-refractivity contribution in [2.24, 2.45) is 0 Å². The summed E-state index contributed by atoms with van der Waals surface area (Å²) in [5.41, 5.74) is 7.19. The largest absolute Gasteiger partial charge is 0.489 e. The van der Waals surface area contributed by atoms with E-state index in [1.54, 1.807) is 109 Å². The zero-order valence-electron chi connectivity index (χ0n) is 87.2. The van der Waals surface area contributed by atoms with Crippen LogP contribution >= 0.6 is 0 Å². The van der Waals surface area contributed by atoms with E-state index in [-0.39, 0.29) is 120 Å². The Morgan fingerprint density at radius 1 is 0.367 bits per heavy atom. The van der Waals surface area contributed by atoms with Crippen LogP contribution in [0.2, 0.25) is 0 Å². The van der Waals surface area contributed by atoms with Crippen LogP contribution in [0.4, 0.5) is 17.1 Å². The number of nitrogens with one attached hydrogen (secondary N) is 8. The number of ether oxygens (including phenoxy) is 8. The fourth-order valence-corrected chi connectivity index (χ4v) is 16.0. The number of benzene rings is 7. The Hall–Kier alpha value is -13.5. The summed E-state index contributed by atoms with van der Waals surface area (Å²) in [6.07, 6.45) is 10.5. The molecule has 0 spiro atoms. The Kier molecular flexibility index (Phi) is 55.4. The average Bonchev–Trinajstić information content (AvgIpc) is 1.83. The first-order valence-corrected chi connectivity index (χ1v) is 54.3. The summed E-state index contributed by atoms with van der Waals surface area (Å²) < 4.78 is 120. The Morgan fingerprint density at radius 2 is 0.673 bits per heavy atom. The van der Waals surface area contributed by atoms with Gasteiger partial charge >= 0.3 is 29.8 Å². The quantitative estimate of drug-likeness (QED) is 0.00577. The van der Waals surface area contributed by atoms with E-state index >= 15 is 0 Å². The van der Waals surface area contributed by atoms with E-state index in [9.17, 15) is 99.8 Å². The van der Waals surface area contributed by atoms with E-state index < -0.39 is 116 Å². The predicted molar refractivity (Wildman–Crippen MR) is 555 cm³/mol. The minimum Gasteiger partial charge on any atom is -0.489 e. The first-order chi connectivity index (χ1) is 70.6. The molecule has 0 bridgehead atoms. The van der Waals surface area contributed by atoms with Crippen molar-refractivity contribution < 1.29 is 137 Å². The highest BCUT2D eigenvalue weighted by atomic mass is 32.2. The van der Waals surface area contributed by atoms with Gasteiger partial charge in [0.05, 0.1) is 49.7 Å². The first-order valence-electron chi connectivity index (χ1n) is 48.6. The second-order valence-corrected chi connectivity index (χ2v) is 43.2. The number of hydrogen-bond donors (Lipinski definition) is 8. The summed E-state index contributed by atoms with van der Waals surface area (Å²) in [6, 6.07) is 48.7. The summed E-state index contributed by atoms with van der Waals surface area (Å²) in [6.45, 7) is 24.9. The summed E-state index contributed by atoms with van der Waals surface area (Å²) in [4.78, 5) is 134. The molecule has 3 unspecified atom stereocenters. The van der Waals surface area contributed by atoms with Gasteiger partial charge in [0.25, 0.3) is 25.4 Å². The molecule has 0 saturated heterocycles. The lowest BCUT2D eigenvalue weighted by atomic mass is 9.97. The SMILES string of the molecule is CC(C)(C)NC[C@@H](COc1ccccc1C1CCCC1)OC(=O)CCCO[N+](=O)[O-].CC(C)(C)NC[C@@H](COc1ccccc1C1CCCC1)OC(=O)c1ccc(CO[N+](=O)[O-])cc1.CC(C)NCC(OC(=O)CCCO[N+](=O)[O-])c1ccc(NS(C)(=O)=O)cc1.CC(C)NCC(OC(=O)COCCO[N+](=O)[O-])c1ccc(NS(C)(=O)=O)cc1.CC(C)NCC(OC(=O)c1ccc(CO[N+](=O)[O-])cc1)c1ccc(NS(C)(=O)=O)cc1. The van der Waals surface area contributed by atoms with Crippen LogP contribution in [-0.2, 0) is 110 Å². The van der Waals surface area contributed by atoms with Crippen molar-refractivity contribution in [1.29, 1.82) is 0 Å². The van der Waals surface area contributed by atoms with Crippen LogP contribution in [-0.4, -0.2) is 220 Å². The monoisotopic (exact) mass is 2170 g/mol. The lowest BCUT2D eigenvalue weighted by Crippen LogP contribution is -2.44. The second-order valence-electron chi connectivity index (χ2n) is 37.9. The van der Waals surface area contributed by atoms with Crippen molar-refractivity contribution in [2.45, 2.75) is 245 Å². The molecule has 2 aliphatic rings. The standard InChI is InChI=1S/C26H34N2O6.C22H34N2O6.C20H25N3O7S.C16H25N3O8S.C16H25N3O7S/c1-26(2,3)27-16-22(18-32-24-11-7-6-10-23(24)20-8-4-5-9-20)34-25(29)21-14-12-19(13-15-21)17-33-28(30)31;1-22(2,3)23-15-18(30-21(25)13-8-14-29-24(26)27)16-28-20-12-7-6-11-19(20)17-9-4-5-10-17;1-14(2)21-12-19(16-8-10-18(11-9-16)22-31(3,27)28)30-20(24)17-6-4-15(5-7-17)13-29-23(25)26;1-12(2)17-10-15(27-16(20)11-25-8-9-26-19(21)22)13-4-6-14(7-5-13)18-28(3,23)24;1-12(2)17-11-15(26-16(20)5-4-10-25-19(21)22)13-6-8-14(9-7-13)18-27(3,23)24/h6-7,10-15,20,22,27H,4-5,8-9,16-18H2,1-3H3;6-7,11-12,17-18,23H,4-5,8-10,13-16H2,1-3H3;4-11,14,19,21-22H,12-13H2,1-3H3;4-7,12,15,17-18H,8-11H2,1-3H3;6-9,12,15,17-18H,4-5,10-11H2,1-3H3/t22-;18-;;;/m00.../s1. The number of para-hydroxylation sites is 2. The molecule has 47 nitrogen and oxygen atoms in total. The van der Waals surface area contributed by atoms with E-state index in [1.807, 2.05) is 119 Å². The smallest absolute Gasteiger partial charge is 0.338 e. The van der Waals surface area contributed by atoms with Crippen LogP contribution in [0.3, 0.4) is 0 Å². The molecule has 0 aliphatic heterocycles. The second kappa shape index (κ2) is 65.5. The van der Waals surface area contributed by atoms with Gasteiger partial charge in [-0.2, -0.15) is 0 Å². The number of hydrogen-bond acceptors (Lipinski definition) is 39. The molecule has 830 valence electrons. The molecule has 0 aromatic heterocycles.